The summed E-state index contributed by atoms with van der Waals surface area (Å²) < 4.78 is 0. The third-order valence-corrected chi connectivity index (χ3v) is 1.92. The topological polar surface area (TPSA) is 58.4 Å². The summed E-state index contributed by atoms with van der Waals surface area (Å²) in [6.45, 7) is 8.10. The Morgan fingerprint density at radius 1 is 1.38 bits per heavy atom. The summed E-state index contributed by atoms with van der Waals surface area (Å²) in [4.78, 5) is 13.1. The summed E-state index contributed by atoms with van der Waals surface area (Å²) in [5.41, 5.74) is 5.15. The molecule has 0 aliphatic carbocycles. The molecule has 0 rings (SSSR count). The van der Waals surface area contributed by atoms with E-state index in [1.165, 1.54) is 0 Å². The van der Waals surface area contributed by atoms with Gasteiger partial charge in [0.25, 0.3) is 0 Å². The zero-order chi connectivity index (χ0) is 10.1. The highest BCUT2D eigenvalue weighted by Gasteiger charge is 2.01. The van der Waals surface area contributed by atoms with Gasteiger partial charge in [0, 0.05) is 13.1 Å². The van der Waals surface area contributed by atoms with Crippen molar-refractivity contribution in [3.8, 4) is 0 Å². The lowest BCUT2D eigenvalue weighted by atomic mass is 10.4. The monoisotopic (exact) mass is 187 g/mol. The Morgan fingerprint density at radius 2 is 2.08 bits per heavy atom. The Balaban J connectivity index is 3.42. The third kappa shape index (κ3) is 6.54. The molecule has 0 saturated heterocycles. The molecule has 0 heterocycles. The van der Waals surface area contributed by atoms with E-state index >= 15 is 0 Å². The molecule has 78 valence electrons. The lowest BCUT2D eigenvalue weighted by Gasteiger charge is -2.19. The number of nitrogens with zero attached hydrogens (tertiary/aromatic N) is 1. The van der Waals surface area contributed by atoms with E-state index in [2.05, 4.69) is 24.1 Å². The van der Waals surface area contributed by atoms with E-state index in [0.29, 0.717) is 6.54 Å². The van der Waals surface area contributed by atoms with Crippen LogP contribution in [0.25, 0.3) is 0 Å². The van der Waals surface area contributed by atoms with Crippen LogP contribution in [0.3, 0.4) is 0 Å². The van der Waals surface area contributed by atoms with Crippen LogP contribution in [0.4, 0.5) is 0 Å². The van der Waals surface area contributed by atoms with Crippen molar-refractivity contribution in [1.29, 1.82) is 0 Å². The van der Waals surface area contributed by atoms with Crippen molar-refractivity contribution in [2.75, 3.05) is 32.7 Å². The van der Waals surface area contributed by atoms with Crippen molar-refractivity contribution >= 4 is 5.91 Å². The third-order valence-electron chi connectivity index (χ3n) is 1.92. The van der Waals surface area contributed by atoms with Gasteiger partial charge in [0.1, 0.15) is 0 Å². The van der Waals surface area contributed by atoms with Crippen LogP contribution < -0.4 is 11.1 Å². The van der Waals surface area contributed by atoms with E-state index in [0.717, 1.165) is 26.1 Å². The van der Waals surface area contributed by atoms with Gasteiger partial charge in [0.2, 0.25) is 5.91 Å². The summed E-state index contributed by atoms with van der Waals surface area (Å²) in [5.74, 6) is -0.0763. The smallest absolute Gasteiger partial charge is 0.233 e. The lowest BCUT2D eigenvalue weighted by molar-refractivity contribution is -0.119. The summed E-state index contributed by atoms with van der Waals surface area (Å²) in [6.07, 6.45) is 1.15. The van der Waals surface area contributed by atoms with Gasteiger partial charge < -0.3 is 16.0 Å². The molecular formula is C9H21N3O. The van der Waals surface area contributed by atoms with Gasteiger partial charge in [-0.1, -0.05) is 13.8 Å². The van der Waals surface area contributed by atoms with Crippen LogP contribution in [0.2, 0.25) is 0 Å². The fraction of sp³-hybridized carbons (Fsp3) is 0.889. The maximum Gasteiger partial charge on any atom is 0.233 e. The molecule has 3 N–H and O–H groups in total. The first-order valence-corrected chi connectivity index (χ1v) is 4.93. The second kappa shape index (κ2) is 8.01. The predicted octanol–water partition coefficient (Wildman–Crippen LogP) is -0.207. The molecule has 0 aliphatic heterocycles. The molecule has 0 aromatic carbocycles. The quantitative estimate of drug-likeness (QED) is 0.580. The summed E-state index contributed by atoms with van der Waals surface area (Å²) in [6, 6.07) is 0. The van der Waals surface area contributed by atoms with E-state index in [-0.39, 0.29) is 12.5 Å². The molecule has 4 nitrogen and oxygen atoms in total. The molecule has 0 radical (unpaired) electrons. The molecule has 0 aromatic rings. The minimum atomic E-state index is -0.0763. The predicted molar refractivity (Wildman–Crippen MR) is 54.5 cm³/mol. The minimum Gasteiger partial charge on any atom is -0.354 e. The van der Waals surface area contributed by atoms with Crippen LogP contribution in [0, 0.1) is 0 Å². The molecule has 0 bridgehead atoms. The average Bonchev–Trinajstić information content (AvgIpc) is 2.16. The standard InChI is InChI=1S/C9H21N3O/c1-3-6-12(4-2)7-5-11-9(13)8-10/h3-8,10H2,1-2H3,(H,11,13). The molecule has 4 heteroatoms. The molecule has 0 atom stereocenters. The van der Waals surface area contributed by atoms with Crippen molar-refractivity contribution in [3.05, 3.63) is 0 Å². The molecule has 0 aromatic heterocycles. The number of rotatable bonds is 7. The highest BCUT2D eigenvalue weighted by molar-refractivity contribution is 5.77. The van der Waals surface area contributed by atoms with Crippen molar-refractivity contribution in [2.45, 2.75) is 20.3 Å². The zero-order valence-electron chi connectivity index (χ0n) is 8.68. The SMILES string of the molecule is CCCN(CC)CCNC(=O)CN. The number of nitrogens with one attached hydrogen (secondary N) is 1. The van der Waals surface area contributed by atoms with Crippen LogP contribution in [0.1, 0.15) is 20.3 Å². The molecule has 0 unspecified atom stereocenters. The van der Waals surface area contributed by atoms with E-state index in [1.807, 2.05) is 0 Å². The Labute approximate surface area is 80.5 Å². The van der Waals surface area contributed by atoms with E-state index in [1.54, 1.807) is 0 Å². The Morgan fingerprint density at radius 3 is 2.54 bits per heavy atom. The Hall–Kier alpha value is -0.610. The van der Waals surface area contributed by atoms with Gasteiger partial charge in [-0.3, -0.25) is 4.79 Å². The number of likely N-dealkylation sites (N-methyl/N-ethyl adjacent to an activating group) is 1. The first-order valence-electron chi connectivity index (χ1n) is 4.93. The average molecular weight is 187 g/mol. The van der Waals surface area contributed by atoms with Crippen LogP contribution in [-0.2, 0) is 4.79 Å². The summed E-state index contributed by atoms with van der Waals surface area (Å²) in [7, 11) is 0. The molecule has 1 amide bonds. The van der Waals surface area contributed by atoms with Crippen molar-refractivity contribution in [3.63, 3.8) is 0 Å². The molecule has 0 saturated carbocycles. The summed E-state index contributed by atoms with van der Waals surface area (Å²) >= 11 is 0. The van der Waals surface area contributed by atoms with Crippen molar-refractivity contribution in [2.24, 2.45) is 5.73 Å². The molecule has 0 spiro atoms. The second-order valence-corrected chi connectivity index (χ2v) is 2.99. The number of hydrogen-bond acceptors (Lipinski definition) is 3. The highest BCUT2D eigenvalue weighted by atomic mass is 16.1. The Bertz CT molecular complexity index is 139. The van der Waals surface area contributed by atoms with Crippen LogP contribution in [0.15, 0.2) is 0 Å². The number of nitrogens with two attached hydrogens (primary N) is 1. The van der Waals surface area contributed by atoms with Gasteiger partial charge >= 0.3 is 0 Å². The minimum absolute atomic E-state index is 0.0763. The highest BCUT2D eigenvalue weighted by Crippen LogP contribution is 1.88. The van der Waals surface area contributed by atoms with Crippen LogP contribution in [0.5, 0.6) is 0 Å². The largest absolute Gasteiger partial charge is 0.354 e. The number of carbonyl (C=O) groups is 1. The van der Waals surface area contributed by atoms with Crippen molar-refractivity contribution in [1.82, 2.24) is 10.2 Å². The summed E-state index contributed by atoms with van der Waals surface area (Å²) in [5, 5.41) is 2.75. The molecule has 13 heavy (non-hydrogen) atoms. The molecule has 0 aliphatic rings. The maximum absolute atomic E-state index is 10.8. The second-order valence-electron chi connectivity index (χ2n) is 2.99. The lowest BCUT2D eigenvalue weighted by Crippen LogP contribution is -2.37. The van der Waals surface area contributed by atoms with E-state index in [4.69, 9.17) is 5.73 Å². The molecular weight excluding hydrogens is 166 g/mol. The number of carbonyl (C=O) groups excluding carboxylic acids is 1. The Kier molecular flexibility index (Phi) is 7.63. The van der Waals surface area contributed by atoms with Crippen LogP contribution in [-0.4, -0.2) is 43.5 Å². The maximum atomic E-state index is 10.8. The first kappa shape index (κ1) is 12.4. The van der Waals surface area contributed by atoms with Crippen molar-refractivity contribution < 1.29 is 4.79 Å². The fourth-order valence-electron chi connectivity index (χ4n) is 1.17. The number of hydrogen-bond donors (Lipinski definition) is 2. The van der Waals surface area contributed by atoms with Gasteiger partial charge in [0.15, 0.2) is 0 Å². The number of amides is 1. The van der Waals surface area contributed by atoms with Gasteiger partial charge in [-0.25, -0.2) is 0 Å². The van der Waals surface area contributed by atoms with Gasteiger partial charge in [-0.2, -0.15) is 0 Å². The van der Waals surface area contributed by atoms with Gasteiger partial charge in [-0.05, 0) is 19.5 Å². The first-order chi connectivity index (χ1) is 6.24. The van der Waals surface area contributed by atoms with Crippen LogP contribution >= 0.6 is 0 Å². The normalized spacial score (nSPS) is 10.5. The molecule has 0 fully saturated rings. The fourth-order valence-corrected chi connectivity index (χ4v) is 1.17. The van der Waals surface area contributed by atoms with E-state index in [9.17, 15) is 4.79 Å². The zero-order valence-corrected chi connectivity index (χ0v) is 8.68. The van der Waals surface area contributed by atoms with Gasteiger partial charge in [-0.15, -0.1) is 0 Å². The van der Waals surface area contributed by atoms with E-state index < -0.39 is 0 Å². The van der Waals surface area contributed by atoms with Gasteiger partial charge in [0.05, 0.1) is 6.54 Å².